The van der Waals surface area contributed by atoms with Crippen LogP contribution in [0.25, 0.3) is 0 Å². The SMILES string of the molecule is C[C@H]1CN(C)C(N)CC1CF. The molecule has 1 aliphatic heterocycles. The molecule has 11 heavy (non-hydrogen) atoms. The van der Waals surface area contributed by atoms with E-state index in [2.05, 4.69) is 11.8 Å². The number of hydrogen-bond acceptors (Lipinski definition) is 2. The maximum atomic E-state index is 12.4. The van der Waals surface area contributed by atoms with Crippen molar-refractivity contribution in [2.75, 3.05) is 20.3 Å². The second-order valence-electron chi connectivity index (χ2n) is 3.63. The van der Waals surface area contributed by atoms with Crippen LogP contribution >= 0.6 is 0 Å². The molecular weight excluding hydrogens is 143 g/mol. The van der Waals surface area contributed by atoms with Gasteiger partial charge in [-0.3, -0.25) is 9.29 Å². The maximum absolute atomic E-state index is 12.4. The zero-order valence-corrected chi connectivity index (χ0v) is 7.26. The second kappa shape index (κ2) is 3.50. The summed E-state index contributed by atoms with van der Waals surface area (Å²) in [6.07, 6.45) is 0.862. The van der Waals surface area contributed by atoms with Crippen LogP contribution in [0.4, 0.5) is 4.39 Å². The summed E-state index contributed by atoms with van der Waals surface area (Å²) in [5.41, 5.74) is 5.77. The zero-order chi connectivity index (χ0) is 8.43. The first-order chi connectivity index (χ1) is 5.15. The van der Waals surface area contributed by atoms with Gasteiger partial charge >= 0.3 is 0 Å². The molecule has 0 spiro atoms. The lowest BCUT2D eigenvalue weighted by molar-refractivity contribution is 0.0815. The van der Waals surface area contributed by atoms with Crippen LogP contribution in [0.1, 0.15) is 13.3 Å². The van der Waals surface area contributed by atoms with Crippen molar-refractivity contribution in [1.29, 1.82) is 0 Å². The lowest BCUT2D eigenvalue weighted by Crippen LogP contribution is -2.49. The van der Waals surface area contributed by atoms with Crippen molar-refractivity contribution >= 4 is 0 Å². The number of alkyl halides is 1. The van der Waals surface area contributed by atoms with E-state index in [0.29, 0.717) is 5.92 Å². The molecule has 0 aromatic rings. The van der Waals surface area contributed by atoms with E-state index in [0.717, 1.165) is 13.0 Å². The Morgan fingerprint density at radius 3 is 2.82 bits per heavy atom. The summed E-state index contributed by atoms with van der Waals surface area (Å²) >= 11 is 0. The van der Waals surface area contributed by atoms with Crippen LogP contribution in [0.5, 0.6) is 0 Å². The first-order valence-corrected chi connectivity index (χ1v) is 4.17. The molecule has 1 heterocycles. The molecule has 3 heteroatoms. The third kappa shape index (κ3) is 1.91. The monoisotopic (exact) mass is 160 g/mol. The van der Waals surface area contributed by atoms with Gasteiger partial charge in [0.1, 0.15) is 0 Å². The van der Waals surface area contributed by atoms with Gasteiger partial charge in [-0.05, 0) is 25.3 Å². The molecule has 2 unspecified atom stereocenters. The molecule has 66 valence electrons. The van der Waals surface area contributed by atoms with Crippen LogP contribution in [0.15, 0.2) is 0 Å². The average Bonchev–Trinajstić information content (AvgIpc) is 1.97. The van der Waals surface area contributed by atoms with E-state index in [9.17, 15) is 4.39 Å². The van der Waals surface area contributed by atoms with E-state index < -0.39 is 0 Å². The number of halogens is 1. The van der Waals surface area contributed by atoms with Crippen molar-refractivity contribution in [2.45, 2.75) is 19.5 Å². The topological polar surface area (TPSA) is 29.3 Å². The lowest BCUT2D eigenvalue weighted by Gasteiger charge is -2.38. The minimum absolute atomic E-state index is 0.0620. The molecule has 3 atom stereocenters. The van der Waals surface area contributed by atoms with Crippen LogP contribution in [-0.2, 0) is 0 Å². The molecule has 0 aromatic heterocycles. The highest BCUT2D eigenvalue weighted by Crippen LogP contribution is 2.24. The Morgan fingerprint density at radius 1 is 1.64 bits per heavy atom. The Kier molecular flexibility index (Phi) is 2.84. The normalized spacial score (nSPS) is 40.9. The predicted molar refractivity (Wildman–Crippen MR) is 43.9 cm³/mol. The van der Waals surface area contributed by atoms with E-state index in [-0.39, 0.29) is 18.8 Å². The summed E-state index contributed by atoms with van der Waals surface area (Å²) in [6.45, 7) is 2.80. The molecule has 0 aromatic carbocycles. The largest absolute Gasteiger partial charge is 0.316 e. The quantitative estimate of drug-likeness (QED) is 0.615. The number of nitrogens with two attached hydrogens (primary N) is 1. The fourth-order valence-corrected chi connectivity index (χ4v) is 1.68. The van der Waals surface area contributed by atoms with Crippen LogP contribution in [0.2, 0.25) is 0 Å². The number of piperidine rings is 1. The molecule has 1 saturated heterocycles. The van der Waals surface area contributed by atoms with Crippen LogP contribution in [-0.4, -0.2) is 31.3 Å². The van der Waals surface area contributed by atoms with Gasteiger partial charge in [0, 0.05) is 6.54 Å². The summed E-state index contributed by atoms with van der Waals surface area (Å²) in [5, 5.41) is 0. The molecule has 1 aliphatic rings. The molecule has 0 bridgehead atoms. The first-order valence-electron chi connectivity index (χ1n) is 4.17. The number of likely N-dealkylation sites (tertiary alicyclic amines) is 1. The summed E-state index contributed by atoms with van der Waals surface area (Å²) in [5.74, 6) is 0.631. The second-order valence-corrected chi connectivity index (χ2v) is 3.63. The van der Waals surface area contributed by atoms with Crippen LogP contribution in [0.3, 0.4) is 0 Å². The van der Waals surface area contributed by atoms with E-state index in [1.54, 1.807) is 0 Å². The van der Waals surface area contributed by atoms with E-state index in [1.807, 2.05) is 7.05 Å². The number of hydrogen-bond donors (Lipinski definition) is 1. The molecule has 0 amide bonds. The lowest BCUT2D eigenvalue weighted by atomic mass is 9.87. The van der Waals surface area contributed by atoms with Gasteiger partial charge < -0.3 is 5.73 Å². The highest BCUT2D eigenvalue weighted by atomic mass is 19.1. The van der Waals surface area contributed by atoms with Crippen molar-refractivity contribution in [3.05, 3.63) is 0 Å². The number of nitrogens with zero attached hydrogens (tertiary/aromatic N) is 1. The van der Waals surface area contributed by atoms with Crippen LogP contribution in [0, 0.1) is 11.8 Å². The first kappa shape index (κ1) is 8.94. The minimum atomic E-state index is -0.220. The van der Waals surface area contributed by atoms with Gasteiger partial charge in [-0.15, -0.1) is 0 Å². The third-order valence-corrected chi connectivity index (χ3v) is 2.69. The molecule has 0 radical (unpaired) electrons. The maximum Gasteiger partial charge on any atom is 0.0926 e. The highest BCUT2D eigenvalue weighted by Gasteiger charge is 2.28. The Morgan fingerprint density at radius 2 is 2.27 bits per heavy atom. The van der Waals surface area contributed by atoms with Gasteiger partial charge in [0.15, 0.2) is 0 Å². The van der Waals surface area contributed by atoms with Gasteiger partial charge in [0.25, 0.3) is 0 Å². The molecule has 0 saturated carbocycles. The van der Waals surface area contributed by atoms with Crippen LogP contribution < -0.4 is 5.73 Å². The van der Waals surface area contributed by atoms with Gasteiger partial charge in [0.2, 0.25) is 0 Å². The van der Waals surface area contributed by atoms with Gasteiger partial charge in [0.05, 0.1) is 12.8 Å². The molecule has 2 N–H and O–H groups in total. The van der Waals surface area contributed by atoms with Gasteiger partial charge in [-0.2, -0.15) is 0 Å². The van der Waals surface area contributed by atoms with Crippen molar-refractivity contribution < 1.29 is 4.39 Å². The fourth-order valence-electron chi connectivity index (χ4n) is 1.68. The molecule has 1 fully saturated rings. The van der Waals surface area contributed by atoms with Gasteiger partial charge in [-0.25, -0.2) is 0 Å². The van der Waals surface area contributed by atoms with Crippen molar-refractivity contribution in [1.82, 2.24) is 4.90 Å². The Hall–Kier alpha value is -0.150. The van der Waals surface area contributed by atoms with E-state index in [1.165, 1.54) is 0 Å². The summed E-state index contributed by atoms with van der Waals surface area (Å²) in [6, 6.07) is 0. The summed E-state index contributed by atoms with van der Waals surface area (Å²) in [7, 11) is 2.00. The van der Waals surface area contributed by atoms with E-state index >= 15 is 0 Å². The zero-order valence-electron chi connectivity index (χ0n) is 7.26. The number of rotatable bonds is 1. The highest BCUT2D eigenvalue weighted by molar-refractivity contribution is 4.80. The van der Waals surface area contributed by atoms with Crippen molar-refractivity contribution in [3.63, 3.8) is 0 Å². The predicted octanol–water partition coefficient (Wildman–Crippen LogP) is 0.828. The standard InChI is InChI=1S/C8H17FN2/c1-6-5-11(2)8(10)3-7(6)4-9/h6-8H,3-5,10H2,1-2H3/t6-,7?,8?/m0/s1. The summed E-state index contributed by atoms with van der Waals surface area (Å²) < 4.78 is 12.4. The molecular formula is C8H17FN2. The smallest absolute Gasteiger partial charge is 0.0926 e. The Balaban J connectivity index is 2.48. The van der Waals surface area contributed by atoms with Crippen molar-refractivity contribution in [2.24, 2.45) is 17.6 Å². The van der Waals surface area contributed by atoms with Gasteiger partial charge in [-0.1, -0.05) is 6.92 Å². The fraction of sp³-hybridized carbons (Fsp3) is 1.00. The van der Waals surface area contributed by atoms with E-state index in [4.69, 9.17) is 5.73 Å². The molecule has 2 nitrogen and oxygen atoms in total. The molecule has 1 rings (SSSR count). The minimum Gasteiger partial charge on any atom is -0.316 e. The van der Waals surface area contributed by atoms with Crippen molar-refractivity contribution in [3.8, 4) is 0 Å². The molecule has 0 aliphatic carbocycles. The Bertz CT molecular complexity index is 129. The Labute approximate surface area is 67.6 Å². The third-order valence-electron chi connectivity index (χ3n) is 2.69. The summed E-state index contributed by atoms with van der Waals surface area (Å²) in [4.78, 5) is 2.09. The average molecular weight is 160 g/mol.